The highest BCUT2D eigenvalue weighted by Crippen LogP contribution is 2.21. The van der Waals surface area contributed by atoms with Crippen LogP contribution >= 0.6 is 11.8 Å². The quantitative estimate of drug-likeness (QED) is 0.570. The monoisotopic (exact) mass is 466 g/mol. The number of nitrogens with one attached hydrogen (secondary N) is 1. The van der Waals surface area contributed by atoms with Crippen LogP contribution in [0.25, 0.3) is 0 Å². The van der Waals surface area contributed by atoms with Crippen molar-refractivity contribution in [1.82, 2.24) is 9.80 Å². The van der Waals surface area contributed by atoms with Crippen LogP contribution in [0.2, 0.25) is 0 Å². The Hall–Kier alpha value is -2.18. The summed E-state index contributed by atoms with van der Waals surface area (Å²) in [5, 5.41) is 3.64. The van der Waals surface area contributed by atoms with Crippen LogP contribution in [0.15, 0.2) is 53.4 Å². The fraction of sp³-hybridized carbons (Fsp3) is 0.519. The Labute approximate surface area is 203 Å². The van der Waals surface area contributed by atoms with E-state index in [-0.39, 0.29) is 0 Å². The summed E-state index contributed by atoms with van der Waals surface area (Å²) in [6.45, 7) is 9.19. The third-order valence-electron chi connectivity index (χ3n) is 6.94. The Bertz CT molecular complexity index is 870. The minimum absolute atomic E-state index is 0.330. The van der Waals surface area contributed by atoms with Crippen LogP contribution < -0.4 is 10.2 Å². The van der Waals surface area contributed by atoms with Gasteiger partial charge in [-0.1, -0.05) is 17.7 Å². The normalized spacial score (nSPS) is 17.9. The van der Waals surface area contributed by atoms with E-state index < -0.39 is 0 Å². The van der Waals surface area contributed by atoms with E-state index >= 15 is 0 Å². The van der Waals surface area contributed by atoms with Crippen molar-refractivity contribution in [2.24, 2.45) is 0 Å². The van der Waals surface area contributed by atoms with Gasteiger partial charge < -0.3 is 15.1 Å². The van der Waals surface area contributed by atoms with Crippen molar-refractivity contribution in [2.75, 3.05) is 62.3 Å². The van der Waals surface area contributed by atoms with Crippen LogP contribution in [0.5, 0.6) is 0 Å². The number of nitrogens with zero attached hydrogens (tertiary/aromatic N) is 3. The van der Waals surface area contributed by atoms with Gasteiger partial charge in [-0.2, -0.15) is 0 Å². The molecule has 0 spiro atoms. The van der Waals surface area contributed by atoms with Crippen molar-refractivity contribution >= 4 is 29.0 Å². The molecule has 2 heterocycles. The highest BCUT2D eigenvalue weighted by atomic mass is 32.2. The van der Waals surface area contributed by atoms with Crippen LogP contribution in [-0.2, 0) is 4.79 Å². The lowest BCUT2D eigenvalue weighted by atomic mass is 10.0. The molecule has 0 atom stereocenters. The van der Waals surface area contributed by atoms with Crippen LogP contribution in [0, 0.1) is 6.92 Å². The van der Waals surface area contributed by atoms with E-state index in [0.29, 0.717) is 18.4 Å². The second-order valence-corrected chi connectivity index (χ2v) is 10.2. The van der Waals surface area contributed by atoms with E-state index in [2.05, 4.69) is 81.7 Å². The number of carbonyl (C=O) groups is 1. The molecule has 33 heavy (non-hydrogen) atoms. The summed E-state index contributed by atoms with van der Waals surface area (Å²) in [4.78, 5) is 21.1. The molecule has 0 aromatic heterocycles. The predicted octanol–water partition coefficient (Wildman–Crippen LogP) is 4.72. The molecule has 2 aliphatic rings. The molecule has 2 aromatic carbocycles. The smallest absolute Gasteiger partial charge is 0.222 e. The largest absolute Gasteiger partial charge is 0.382 e. The van der Waals surface area contributed by atoms with Gasteiger partial charge in [-0.25, -0.2) is 0 Å². The summed E-state index contributed by atoms with van der Waals surface area (Å²) in [5.74, 6) is 0.330. The number of anilines is 2. The Kier molecular flexibility index (Phi) is 8.57. The predicted molar refractivity (Wildman–Crippen MR) is 141 cm³/mol. The number of carbonyl (C=O) groups excluding carboxylic acids is 1. The van der Waals surface area contributed by atoms with Crippen molar-refractivity contribution in [3.05, 3.63) is 54.1 Å². The van der Waals surface area contributed by atoms with Crippen LogP contribution in [0.4, 0.5) is 11.4 Å². The van der Waals surface area contributed by atoms with Gasteiger partial charge in [0.25, 0.3) is 0 Å². The Balaban J connectivity index is 1.11. The molecule has 0 saturated carbocycles. The number of likely N-dealkylation sites (tertiary alicyclic amines) is 1. The van der Waals surface area contributed by atoms with Gasteiger partial charge in [0, 0.05) is 68.0 Å². The van der Waals surface area contributed by atoms with Crippen molar-refractivity contribution in [3.63, 3.8) is 0 Å². The van der Waals surface area contributed by atoms with Gasteiger partial charge in [0.1, 0.15) is 0 Å². The molecule has 1 N–H and O–H groups in total. The standard InChI is InChI=1S/C27H38N4OS/c1-22-5-9-25(10-6-22)30-20-18-29(19-21-30)15-3-4-27(32)31-16-13-24(14-17-31)28-23-7-11-26(33-2)12-8-23/h5-12,24,28H,3-4,13-21H2,1-2H3. The minimum Gasteiger partial charge on any atom is -0.382 e. The second kappa shape index (κ2) is 11.8. The number of thioether (sulfide) groups is 1. The number of amides is 1. The second-order valence-electron chi connectivity index (χ2n) is 9.30. The number of piperazine rings is 1. The Morgan fingerprint density at radius 2 is 1.61 bits per heavy atom. The van der Waals surface area contributed by atoms with Crippen molar-refractivity contribution in [1.29, 1.82) is 0 Å². The fourth-order valence-electron chi connectivity index (χ4n) is 4.79. The lowest BCUT2D eigenvalue weighted by molar-refractivity contribution is -0.132. The maximum Gasteiger partial charge on any atom is 0.222 e. The molecule has 1 amide bonds. The third kappa shape index (κ3) is 6.90. The summed E-state index contributed by atoms with van der Waals surface area (Å²) >= 11 is 1.76. The van der Waals surface area contributed by atoms with Gasteiger partial charge in [0.05, 0.1) is 0 Å². The zero-order chi connectivity index (χ0) is 23.0. The number of benzene rings is 2. The van der Waals surface area contributed by atoms with Crippen molar-refractivity contribution < 1.29 is 4.79 Å². The zero-order valence-electron chi connectivity index (χ0n) is 20.1. The lowest BCUT2D eigenvalue weighted by Crippen LogP contribution is -2.47. The average molecular weight is 467 g/mol. The van der Waals surface area contributed by atoms with Crippen LogP contribution in [0.1, 0.15) is 31.2 Å². The van der Waals surface area contributed by atoms with Crippen molar-refractivity contribution in [3.8, 4) is 0 Å². The van der Waals surface area contributed by atoms with Gasteiger partial charge in [-0.05, 0) is 75.4 Å². The molecule has 178 valence electrons. The molecule has 2 aliphatic heterocycles. The maximum absolute atomic E-state index is 12.7. The fourth-order valence-corrected chi connectivity index (χ4v) is 5.20. The SMILES string of the molecule is CSc1ccc(NC2CCN(C(=O)CCCN3CCN(c4ccc(C)cc4)CC3)CC2)cc1. The molecular formula is C27H38N4OS. The van der Waals surface area contributed by atoms with E-state index in [4.69, 9.17) is 0 Å². The molecule has 0 bridgehead atoms. The first kappa shape index (κ1) is 24.0. The topological polar surface area (TPSA) is 38.8 Å². The molecule has 5 nitrogen and oxygen atoms in total. The summed E-state index contributed by atoms with van der Waals surface area (Å²) in [5.41, 5.74) is 3.81. The lowest BCUT2D eigenvalue weighted by Gasteiger charge is -2.36. The summed E-state index contributed by atoms with van der Waals surface area (Å²) in [6.07, 6.45) is 5.78. The molecule has 2 aromatic rings. The first-order valence-corrected chi connectivity index (χ1v) is 13.6. The number of piperidine rings is 1. The van der Waals surface area contributed by atoms with Crippen LogP contribution in [0.3, 0.4) is 0 Å². The van der Waals surface area contributed by atoms with Crippen molar-refractivity contribution in [2.45, 2.75) is 43.5 Å². The van der Waals surface area contributed by atoms with Gasteiger partial charge in [0.2, 0.25) is 5.91 Å². The Morgan fingerprint density at radius 3 is 2.24 bits per heavy atom. The molecular weight excluding hydrogens is 428 g/mol. The highest BCUT2D eigenvalue weighted by Gasteiger charge is 2.23. The van der Waals surface area contributed by atoms with Gasteiger partial charge in [-0.15, -0.1) is 11.8 Å². The first-order valence-electron chi connectivity index (χ1n) is 12.3. The number of rotatable bonds is 8. The van der Waals surface area contributed by atoms with E-state index in [1.807, 2.05) is 0 Å². The van der Waals surface area contributed by atoms with Gasteiger partial charge >= 0.3 is 0 Å². The van der Waals surface area contributed by atoms with E-state index in [1.54, 1.807) is 11.8 Å². The first-order chi connectivity index (χ1) is 16.1. The molecule has 0 unspecified atom stereocenters. The summed E-state index contributed by atoms with van der Waals surface area (Å²) < 4.78 is 0. The Morgan fingerprint density at radius 1 is 0.939 bits per heavy atom. The third-order valence-corrected chi connectivity index (χ3v) is 7.69. The molecule has 0 radical (unpaired) electrons. The number of hydrogen-bond acceptors (Lipinski definition) is 5. The zero-order valence-corrected chi connectivity index (χ0v) is 20.9. The molecule has 4 rings (SSSR count). The minimum atomic E-state index is 0.330. The average Bonchev–Trinajstić information content (AvgIpc) is 2.86. The van der Waals surface area contributed by atoms with Gasteiger partial charge in [-0.3, -0.25) is 9.69 Å². The number of aryl methyl sites for hydroxylation is 1. The molecule has 2 saturated heterocycles. The summed E-state index contributed by atoms with van der Waals surface area (Å²) in [7, 11) is 0. The number of hydrogen-bond donors (Lipinski definition) is 1. The van der Waals surface area contributed by atoms with E-state index in [9.17, 15) is 4.79 Å². The maximum atomic E-state index is 12.7. The highest BCUT2D eigenvalue weighted by molar-refractivity contribution is 7.98. The molecule has 2 fully saturated rings. The van der Waals surface area contributed by atoms with Gasteiger partial charge in [0.15, 0.2) is 0 Å². The van der Waals surface area contributed by atoms with E-state index in [0.717, 1.165) is 65.1 Å². The van der Waals surface area contributed by atoms with Crippen LogP contribution in [-0.4, -0.2) is 73.8 Å². The molecule has 6 heteroatoms. The molecule has 0 aliphatic carbocycles. The summed E-state index contributed by atoms with van der Waals surface area (Å²) in [6, 6.07) is 17.9. The van der Waals surface area contributed by atoms with E-state index in [1.165, 1.54) is 21.8 Å².